The predicted molar refractivity (Wildman–Crippen MR) is 85.0 cm³/mol. The van der Waals surface area contributed by atoms with Crippen LogP contribution in [0.15, 0.2) is 24.3 Å². The zero-order valence-corrected chi connectivity index (χ0v) is 13.3. The van der Waals surface area contributed by atoms with Gasteiger partial charge in [-0.05, 0) is 38.5 Å². The molecule has 1 atom stereocenters. The topological polar surface area (TPSA) is 61.4 Å². The van der Waals surface area contributed by atoms with Crippen molar-refractivity contribution < 1.29 is 9.59 Å². The molecule has 1 unspecified atom stereocenters. The number of carbonyl (C=O) groups is 2. The van der Waals surface area contributed by atoms with E-state index in [4.69, 9.17) is 0 Å². The minimum absolute atomic E-state index is 0.0840. The molecule has 21 heavy (non-hydrogen) atoms. The number of nitrogens with one attached hydrogen (secondary N) is 2. The van der Waals surface area contributed by atoms with Crippen LogP contribution in [0.2, 0.25) is 0 Å². The fraction of sp³-hybridized carbons (Fsp3) is 0.500. The van der Waals surface area contributed by atoms with E-state index >= 15 is 0 Å². The van der Waals surface area contributed by atoms with Gasteiger partial charge in [0.25, 0.3) is 0 Å². The van der Waals surface area contributed by atoms with Crippen LogP contribution in [0.3, 0.4) is 0 Å². The first kappa shape index (κ1) is 17.2. The lowest BCUT2D eigenvalue weighted by Crippen LogP contribution is -2.44. The van der Waals surface area contributed by atoms with E-state index in [1.54, 1.807) is 0 Å². The van der Waals surface area contributed by atoms with E-state index in [2.05, 4.69) is 10.6 Å². The summed E-state index contributed by atoms with van der Waals surface area (Å²) in [5.74, 6) is 0.0363. The van der Waals surface area contributed by atoms with Gasteiger partial charge < -0.3 is 15.5 Å². The molecule has 0 aliphatic heterocycles. The van der Waals surface area contributed by atoms with Crippen LogP contribution in [0.4, 0.5) is 5.69 Å². The van der Waals surface area contributed by atoms with Crippen molar-refractivity contribution in [2.75, 3.05) is 18.4 Å². The van der Waals surface area contributed by atoms with Crippen LogP contribution in [-0.4, -0.2) is 35.8 Å². The molecule has 0 aromatic heterocycles. The lowest BCUT2D eigenvalue weighted by atomic mass is 10.2. The summed E-state index contributed by atoms with van der Waals surface area (Å²) in [5, 5.41) is 5.95. The van der Waals surface area contributed by atoms with Crippen LogP contribution >= 0.6 is 0 Å². The Morgan fingerprint density at radius 2 is 1.71 bits per heavy atom. The Morgan fingerprint density at radius 3 is 2.19 bits per heavy atom. The highest BCUT2D eigenvalue weighted by atomic mass is 16.2. The second-order valence-corrected chi connectivity index (χ2v) is 4.99. The van der Waals surface area contributed by atoms with Gasteiger partial charge in [0.05, 0.1) is 6.04 Å². The maximum Gasteiger partial charge on any atom is 0.239 e. The zero-order valence-electron chi connectivity index (χ0n) is 13.3. The molecule has 0 spiro atoms. The second kappa shape index (κ2) is 8.42. The Balaban J connectivity index is 2.51. The lowest BCUT2D eigenvalue weighted by Gasteiger charge is -2.23. The first-order valence-electron chi connectivity index (χ1n) is 7.36. The number of hydrogen-bond donors (Lipinski definition) is 2. The van der Waals surface area contributed by atoms with Crippen molar-refractivity contribution in [3.63, 3.8) is 0 Å². The lowest BCUT2D eigenvalue weighted by molar-refractivity contribution is -0.132. The zero-order chi connectivity index (χ0) is 15.8. The van der Waals surface area contributed by atoms with Gasteiger partial charge in [-0.25, -0.2) is 0 Å². The van der Waals surface area contributed by atoms with Crippen LogP contribution in [0.1, 0.15) is 33.3 Å². The van der Waals surface area contributed by atoms with E-state index in [9.17, 15) is 9.59 Å². The van der Waals surface area contributed by atoms with E-state index in [0.717, 1.165) is 24.3 Å². The Morgan fingerprint density at radius 1 is 1.14 bits per heavy atom. The summed E-state index contributed by atoms with van der Waals surface area (Å²) >= 11 is 0. The first-order chi connectivity index (χ1) is 9.97. The summed E-state index contributed by atoms with van der Waals surface area (Å²) < 4.78 is 0. The third-order valence-corrected chi connectivity index (χ3v) is 3.33. The Hall–Kier alpha value is -1.88. The van der Waals surface area contributed by atoms with Crippen LogP contribution in [0.25, 0.3) is 0 Å². The number of likely N-dealkylation sites (N-methyl/N-ethyl adjacent to an activating group) is 1. The van der Waals surface area contributed by atoms with Crippen molar-refractivity contribution in [1.82, 2.24) is 10.2 Å². The normalized spacial score (nSPS) is 11.8. The predicted octanol–water partition coefficient (Wildman–Crippen LogP) is 1.99. The van der Waals surface area contributed by atoms with Gasteiger partial charge in [0.2, 0.25) is 11.8 Å². The fourth-order valence-electron chi connectivity index (χ4n) is 2.08. The van der Waals surface area contributed by atoms with Crippen LogP contribution in [0, 0.1) is 0 Å². The minimum atomic E-state index is -0.208. The molecule has 1 rings (SSSR count). The van der Waals surface area contributed by atoms with Crippen LogP contribution in [0.5, 0.6) is 0 Å². The van der Waals surface area contributed by atoms with Gasteiger partial charge in [-0.3, -0.25) is 9.59 Å². The largest absolute Gasteiger partial charge is 0.342 e. The molecular formula is C16H25N3O2. The molecule has 116 valence electrons. The Kier molecular flexibility index (Phi) is 6.88. The van der Waals surface area contributed by atoms with Crippen LogP contribution in [-0.2, 0) is 16.1 Å². The van der Waals surface area contributed by atoms with E-state index in [-0.39, 0.29) is 17.9 Å². The van der Waals surface area contributed by atoms with Crippen molar-refractivity contribution in [2.45, 2.75) is 40.3 Å². The molecule has 2 amide bonds. The number of nitrogens with zero attached hydrogens (tertiary/aromatic N) is 1. The van der Waals surface area contributed by atoms with Crippen molar-refractivity contribution in [1.29, 1.82) is 0 Å². The molecule has 0 saturated heterocycles. The Bertz CT molecular complexity index is 467. The maximum absolute atomic E-state index is 12.1. The summed E-state index contributed by atoms with van der Waals surface area (Å²) in [7, 11) is 0. The number of rotatable bonds is 7. The van der Waals surface area contributed by atoms with Gasteiger partial charge in [0, 0.05) is 32.2 Å². The number of anilines is 1. The molecule has 0 bridgehead atoms. The second-order valence-electron chi connectivity index (χ2n) is 4.99. The van der Waals surface area contributed by atoms with Gasteiger partial charge in [-0.1, -0.05) is 12.1 Å². The molecule has 0 aliphatic carbocycles. The maximum atomic E-state index is 12.1. The fourth-order valence-corrected chi connectivity index (χ4v) is 2.08. The monoisotopic (exact) mass is 291 g/mol. The molecule has 2 N–H and O–H groups in total. The molecular weight excluding hydrogens is 266 g/mol. The highest BCUT2D eigenvalue weighted by molar-refractivity contribution is 5.88. The summed E-state index contributed by atoms with van der Waals surface area (Å²) in [5.41, 5.74) is 1.85. The molecule has 5 heteroatoms. The first-order valence-corrected chi connectivity index (χ1v) is 7.36. The van der Waals surface area contributed by atoms with Gasteiger partial charge in [0.1, 0.15) is 0 Å². The SMILES string of the molecule is CCN(CC)C(=O)C(C)NCc1ccc(NC(C)=O)cc1. The molecule has 0 radical (unpaired) electrons. The standard InChI is InChI=1S/C16H25N3O2/c1-5-19(6-2)16(21)12(3)17-11-14-7-9-15(10-8-14)18-13(4)20/h7-10,12,17H,5-6,11H2,1-4H3,(H,18,20). The molecule has 0 heterocycles. The number of benzene rings is 1. The summed E-state index contributed by atoms with van der Waals surface area (Å²) in [4.78, 5) is 24.9. The van der Waals surface area contributed by atoms with E-state index in [1.165, 1.54) is 6.92 Å². The van der Waals surface area contributed by atoms with Crippen molar-refractivity contribution in [2.24, 2.45) is 0 Å². The van der Waals surface area contributed by atoms with Crippen LogP contribution < -0.4 is 10.6 Å². The minimum Gasteiger partial charge on any atom is -0.342 e. The molecule has 0 aliphatic rings. The third-order valence-electron chi connectivity index (χ3n) is 3.33. The molecule has 0 fully saturated rings. The number of hydrogen-bond acceptors (Lipinski definition) is 3. The summed E-state index contributed by atoms with van der Waals surface area (Å²) in [6.07, 6.45) is 0. The molecule has 1 aromatic carbocycles. The smallest absolute Gasteiger partial charge is 0.239 e. The van der Waals surface area contributed by atoms with Crippen molar-refractivity contribution in [3.05, 3.63) is 29.8 Å². The quantitative estimate of drug-likeness (QED) is 0.807. The van der Waals surface area contributed by atoms with Gasteiger partial charge in [-0.15, -0.1) is 0 Å². The van der Waals surface area contributed by atoms with Gasteiger partial charge in [-0.2, -0.15) is 0 Å². The molecule has 5 nitrogen and oxygen atoms in total. The van der Waals surface area contributed by atoms with E-state index in [0.29, 0.717) is 6.54 Å². The van der Waals surface area contributed by atoms with E-state index in [1.807, 2.05) is 49.9 Å². The summed E-state index contributed by atoms with van der Waals surface area (Å²) in [6, 6.07) is 7.38. The number of amides is 2. The summed E-state index contributed by atoms with van der Waals surface area (Å²) in [6.45, 7) is 9.40. The van der Waals surface area contributed by atoms with Gasteiger partial charge in [0.15, 0.2) is 0 Å². The van der Waals surface area contributed by atoms with Crippen molar-refractivity contribution >= 4 is 17.5 Å². The highest BCUT2D eigenvalue weighted by Crippen LogP contribution is 2.09. The third kappa shape index (κ3) is 5.55. The van der Waals surface area contributed by atoms with Crippen molar-refractivity contribution in [3.8, 4) is 0 Å². The van der Waals surface area contributed by atoms with Gasteiger partial charge >= 0.3 is 0 Å². The number of carbonyl (C=O) groups excluding carboxylic acids is 2. The van der Waals surface area contributed by atoms with E-state index < -0.39 is 0 Å². The average Bonchev–Trinajstić information content (AvgIpc) is 2.46. The molecule has 0 saturated carbocycles. The highest BCUT2D eigenvalue weighted by Gasteiger charge is 2.17. The Labute approximate surface area is 126 Å². The average molecular weight is 291 g/mol. The molecule has 1 aromatic rings.